The number of nitrogens with zero attached hydrogens (tertiary/aromatic N) is 4. The molecule has 0 aromatic carbocycles. The number of rotatable bonds is 5. The lowest BCUT2D eigenvalue weighted by Gasteiger charge is -2.21. The summed E-state index contributed by atoms with van der Waals surface area (Å²) in [5, 5.41) is 19.3. The summed E-state index contributed by atoms with van der Waals surface area (Å²) >= 11 is 1.53. The van der Waals surface area contributed by atoms with Gasteiger partial charge in [-0.3, -0.25) is 0 Å². The summed E-state index contributed by atoms with van der Waals surface area (Å²) in [6.07, 6.45) is 3.27. The highest BCUT2D eigenvalue weighted by Crippen LogP contribution is 2.35. The van der Waals surface area contributed by atoms with Crippen LogP contribution in [-0.2, 0) is 0 Å². The average Bonchev–Trinajstić information content (AvgIpc) is 2.85. The van der Waals surface area contributed by atoms with Crippen LogP contribution in [0.15, 0.2) is 24.7 Å². The molecule has 0 atom stereocenters. The third kappa shape index (κ3) is 2.20. The van der Waals surface area contributed by atoms with E-state index in [1.807, 2.05) is 17.0 Å². The van der Waals surface area contributed by atoms with E-state index in [2.05, 4.69) is 15.0 Å². The predicted molar refractivity (Wildman–Crippen MR) is 79.1 cm³/mol. The number of aliphatic hydroxyl groups excluding tert-OH is 2. The third-order valence-electron chi connectivity index (χ3n) is 3.05. The van der Waals surface area contributed by atoms with Gasteiger partial charge < -0.3 is 15.1 Å². The molecule has 3 rings (SSSR count). The van der Waals surface area contributed by atoms with E-state index in [4.69, 9.17) is 10.2 Å². The van der Waals surface area contributed by atoms with Crippen molar-refractivity contribution in [1.82, 2.24) is 15.0 Å². The Labute approximate surface area is 119 Å². The predicted octanol–water partition coefficient (Wildman–Crippen LogP) is 1.03. The molecule has 0 saturated carbocycles. The topological polar surface area (TPSA) is 82.4 Å². The van der Waals surface area contributed by atoms with Crippen molar-refractivity contribution in [2.24, 2.45) is 0 Å². The van der Waals surface area contributed by atoms with Crippen molar-refractivity contribution < 1.29 is 10.2 Å². The van der Waals surface area contributed by atoms with Gasteiger partial charge in [-0.2, -0.15) is 0 Å². The standard InChI is InChI=1S/C13H14N4O2S/c18-6-4-17(5-7-19)12-11-10(15-8-16-12)9-2-1-3-14-13(9)20-11/h1-3,8,18-19H,4-7H2. The first kappa shape index (κ1) is 13.2. The molecule has 0 aliphatic heterocycles. The normalized spacial score (nSPS) is 11.3. The smallest absolute Gasteiger partial charge is 0.150 e. The highest BCUT2D eigenvalue weighted by atomic mass is 32.1. The molecule has 3 aromatic rings. The van der Waals surface area contributed by atoms with Crippen LogP contribution in [0.3, 0.4) is 0 Å². The molecule has 0 amide bonds. The molecule has 7 heteroatoms. The minimum absolute atomic E-state index is 0.00857. The van der Waals surface area contributed by atoms with E-state index in [1.54, 1.807) is 6.20 Å². The van der Waals surface area contributed by atoms with Gasteiger partial charge in [0.1, 0.15) is 17.0 Å². The molecule has 0 spiro atoms. The van der Waals surface area contributed by atoms with Gasteiger partial charge in [0.2, 0.25) is 0 Å². The van der Waals surface area contributed by atoms with Crippen molar-refractivity contribution in [1.29, 1.82) is 0 Å². The number of anilines is 1. The van der Waals surface area contributed by atoms with Crippen LogP contribution in [-0.4, -0.2) is 51.5 Å². The van der Waals surface area contributed by atoms with E-state index >= 15 is 0 Å². The zero-order valence-electron chi connectivity index (χ0n) is 10.7. The van der Waals surface area contributed by atoms with Crippen molar-refractivity contribution in [3.8, 4) is 0 Å². The Morgan fingerprint density at radius 2 is 1.90 bits per heavy atom. The van der Waals surface area contributed by atoms with Crippen LogP contribution in [0.1, 0.15) is 0 Å². The maximum atomic E-state index is 9.16. The Balaban J connectivity index is 2.19. The Bertz CT molecular complexity index is 725. The SMILES string of the molecule is OCCN(CCO)c1ncnc2c1sc1ncccc12. The van der Waals surface area contributed by atoms with Crippen molar-refractivity contribution >= 4 is 37.6 Å². The maximum Gasteiger partial charge on any atom is 0.150 e. The van der Waals surface area contributed by atoms with Gasteiger partial charge in [0.15, 0.2) is 0 Å². The van der Waals surface area contributed by atoms with Crippen molar-refractivity contribution in [3.05, 3.63) is 24.7 Å². The molecule has 0 fully saturated rings. The number of fused-ring (bicyclic) bond motifs is 3. The van der Waals surface area contributed by atoms with Gasteiger partial charge in [-0.1, -0.05) is 0 Å². The van der Waals surface area contributed by atoms with Gasteiger partial charge in [-0.25, -0.2) is 15.0 Å². The molecular weight excluding hydrogens is 276 g/mol. The van der Waals surface area contributed by atoms with E-state index in [9.17, 15) is 0 Å². The summed E-state index contributed by atoms with van der Waals surface area (Å²) in [6.45, 7) is 0.867. The largest absolute Gasteiger partial charge is 0.395 e. The van der Waals surface area contributed by atoms with Crippen molar-refractivity contribution in [2.45, 2.75) is 0 Å². The summed E-state index contributed by atoms with van der Waals surface area (Å²) in [5.41, 5.74) is 0.865. The summed E-state index contributed by atoms with van der Waals surface area (Å²) < 4.78 is 0.933. The first-order valence-corrected chi connectivity index (χ1v) is 7.11. The Hall–Kier alpha value is -1.83. The maximum absolute atomic E-state index is 9.16. The Morgan fingerprint density at radius 1 is 1.10 bits per heavy atom. The fraction of sp³-hybridized carbons (Fsp3) is 0.308. The molecular formula is C13H14N4O2S. The van der Waals surface area contributed by atoms with Crippen molar-refractivity contribution in [2.75, 3.05) is 31.2 Å². The average molecular weight is 290 g/mol. The summed E-state index contributed by atoms with van der Waals surface area (Å²) in [5.74, 6) is 0.737. The number of hydrogen-bond donors (Lipinski definition) is 2. The molecule has 3 heterocycles. The van der Waals surface area contributed by atoms with E-state index in [0.29, 0.717) is 13.1 Å². The van der Waals surface area contributed by atoms with Crippen molar-refractivity contribution in [3.63, 3.8) is 0 Å². The second kappa shape index (κ2) is 5.66. The van der Waals surface area contributed by atoms with E-state index in [1.165, 1.54) is 17.7 Å². The number of thiophene rings is 1. The molecule has 0 radical (unpaired) electrons. The highest BCUT2D eigenvalue weighted by Gasteiger charge is 2.16. The lowest BCUT2D eigenvalue weighted by Crippen LogP contribution is -2.30. The molecule has 3 aromatic heterocycles. The summed E-state index contributed by atoms with van der Waals surface area (Å²) in [4.78, 5) is 15.8. The lowest BCUT2D eigenvalue weighted by atomic mass is 10.3. The second-order valence-corrected chi connectivity index (χ2v) is 5.27. The summed E-state index contributed by atoms with van der Waals surface area (Å²) in [6, 6.07) is 3.87. The lowest BCUT2D eigenvalue weighted by molar-refractivity contribution is 0.281. The second-order valence-electron chi connectivity index (χ2n) is 4.27. The molecule has 6 nitrogen and oxygen atoms in total. The van der Waals surface area contributed by atoms with Crippen LogP contribution in [0.4, 0.5) is 5.82 Å². The quantitative estimate of drug-likeness (QED) is 0.730. The fourth-order valence-corrected chi connectivity index (χ4v) is 3.30. The van der Waals surface area contributed by atoms with Crippen LogP contribution in [0, 0.1) is 0 Å². The number of aliphatic hydroxyl groups is 2. The minimum atomic E-state index is 0.00857. The van der Waals surface area contributed by atoms with Crippen LogP contribution < -0.4 is 4.90 Å². The molecule has 0 bridgehead atoms. The van der Waals surface area contributed by atoms with E-state index in [-0.39, 0.29) is 13.2 Å². The Morgan fingerprint density at radius 3 is 2.65 bits per heavy atom. The van der Waals surface area contributed by atoms with Gasteiger partial charge in [-0.05, 0) is 12.1 Å². The molecule has 0 unspecified atom stereocenters. The highest BCUT2D eigenvalue weighted by molar-refractivity contribution is 7.25. The molecule has 0 aliphatic carbocycles. The zero-order valence-corrected chi connectivity index (χ0v) is 11.5. The zero-order chi connectivity index (χ0) is 13.9. The van der Waals surface area contributed by atoms with Gasteiger partial charge in [0.05, 0.1) is 23.4 Å². The molecule has 2 N–H and O–H groups in total. The first-order chi connectivity index (χ1) is 9.85. The van der Waals surface area contributed by atoms with Crippen LogP contribution >= 0.6 is 11.3 Å². The van der Waals surface area contributed by atoms with E-state index in [0.717, 1.165) is 26.3 Å². The van der Waals surface area contributed by atoms with E-state index < -0.39 is 0 Å². The fourth-order valence-electron chi connectivity index (χ4n) is 2.19. The molecule has 0 saturated heterocycles. The van der Waals surface area contributed by atoms with Gasteiger partial charge in [0.25, 0.3) is 0 Å². The minimum Gasteiger partial charge on any atom is -0.395 e. The Kier molecular flexibility index (Phi) is 3.72. The third-order valence-corrected chi connectivity index (χ3v) is 4.15. The monoisotopic (exact) mass is 290 g/mol. The number of aromatic nitrogens is 3. The van der Waals surface area contributed by atoms with Gasteiger partial charge in [0, 0.05) is 24.7 Å². The molecule has 0 aliphatic rings. The first-order valence-electron chi connectivity index (χ1n) is 6.30. The van der Waals surface area contributed by atoms with Crippen LogP contribution in [0.2, 0.25) is 0 Å². The number of pyridine rings is 1. The van der Waals surface area contributed by atoms with Crippen LogP contribution in [0.5, 0.6) is 0 Å². The van der Waals surface area contributed by atoms with Gasteiger partial charge >= 0.3 is 0 Å². The van der Waals surface area contributed by atoms with Crippen LogP contribution in [0.25, 0.3) is 20.4 Å². The summed E-state index contributed by atoms with van der Waals surface area (Å²) in [7, 11) is 0. The molecule has 20 heavy (non-hydrogen) atoms. The molecule has 104 valence electrons. The van der Waals surface area contributed by atoms with Gasteiger partial charge in [-0.15, -0.1) is 11.3 Å². The number of hydrogen-bond acceptors (Lipinski definition) is 7.